The maximum absolute atomic E-state index is 5.93. The molecule has 1 heterocycles. The first-order valence-corrected chi connectivity index (χ1v) is 18.1. The Balaban J connectivity index is 2.55. The Bertz CT molecular complexity index is 443. The van der Waals surface area contributed by atoms with E-state index in [2.05, 4.69) is 36.3 Å². The minimum Gasteiger partial charge on any atom is -0.321 e. The summed E-state index contributed by atoms with van der Waals surface area (Å²) in [6, 6.07) is 0. The van der Waals surface area contributed by atoms with Crippen LogP contribution in [-0.2, 0) is 41.7 Å². The van der Waals surface area contributed by atoms with Crippen molar-refractivity contribution in [1.82, 2.24) is 8.61 Å². The zero-order valence-electron chi connectivity index (χ0n) is 17.5. The van der Waals surface area contributed by atoms with E-state index in [1.54, 1.807) is 23.1 Å². The summed E-state index contributed by atoms with van der Waals surface area (Å²) in [5, 5.41) is 0. The lowest BCUT2D eigenvalue weighted by Gasteiger charge is -2.36. The largest absolute Gasteiger partial charge is 0.321 e. The van der Waals surface area contributed by atoms with E-state index in [1.807, 2.05) is 0 Å². The van der Waals surface area contributed by atoms with Crippen LogP contribution in [0.1, 0.15) is 53.4 Å². The summed E-state index contributed by atoms with van der Waals surface area (Å²) in [7, 11) is 0. The highest BCUT2D eigenvalue weighted by molar-refractivity contribution is 8.67. The molecule has 1 rings (SSSR count). The summed E-state index contributed by atoms with van der Waals surface area (Å²) < 4.78 is 28.3. The van der Waals surface area contributed by atoms with E-state index in [0.717, 1.165) is 51.9 Å². The van der Waals surface area contributed by atoms with E-state index in [9.17, 15) is 0 Å². The average molecular weight is 511 g/mol. The highest BCUT2D eigenvalue weighted by atomic mass is 32.9. The van der Waals surface area contributed by atoms with Gasteiger partial charge in [0.1, 0.15) is 0 Å². The molecule has 0 aromatic heterocycles. The zero-order valence-corrected chi connectivity index (χ0v) is 22.6. The lowest BCUT2D eigenvalue weighted by atomic mass is 10.4. The molecule has 0 aromatic rings. The first-order chi connectivity index (χ1) is 13.4. The monoisotopic (exact) mass is 510 g/mol. The zero-order chi connectivity index (χ0) is 20.9. The van der Waals surface area contributed by atoms with Gasteiger partial charge in [-0.1, -0.05) is 27.7 Å². The molecule has 0 spiro atoms. The Hall–Kier alpha value is 1.76. The van der Waals surface area contributed by atoms with Crippen LogP contribution in [0.15, 0.2) is 0 Å². The van der Waals surface area contributed by atoms with Crippen molar-refractivity contribution in [3.8, 4) is 0 Å². The van der Waals surface area contributed by atoms with Gasteiger partial charge in [0.2, 0.25) is 0 Å². The number of piperazine rings is 1. The highest BCUT2D eigenvalue weighted by Crippen LogP contribution is 2.64. The van der Waals surface area contributed by atoms with Gasteiger partial charge >= 0.3 is 0 Å². The Morgan fingerprint density at radius 1 is 0.607 bits per heavy atom. The topological polar surface area (TPSA) is 43.4 Å². The van der Waals surface area contributed by atoms with Gasteiger partial charge in [0.05, 0.1) is 26.4 Å². The molecule has 1 saturated heterocycles. The molecule has 0 radical (unpaired) electrons. The fourth-order valence-corrected chi connectivity index (χ4v) is 12.0. The Kier molecular flexibility index (Phi) is 15.4. The van der Waals surface area contributed by atoms with E-state index in [4.69, 9.17) is 41.7 Å². The van der Waals surface area contributed by atoms with E-state index < -0.39 is 11.4 Å². The Morgan fingerprint density at radius 3 is 1.07 bits per heavy atom. The van der Waals surface area contributed by atoms with Crippen LogP contribution >= 0.6 is 34.5 Å². The molecule has 1 aliphatic heterocycles. The molecule has 0 bridgehead atoms. The van der Waals surface area contributed by atoms with Crippen LogP contribution in [0.3, 0.4) is 0 Å². The van der Waals surface area contributed by atoms with Crippen molar-refractivity contribution < 1.29 is 18.1 Å². The second-order valence-electron chi connectivity index (χ2n) is 6.25. The standard InChI is InChI=1S/C16H36N2O4P2S4/c1-5-13-19-23(25,20-14-6-2)27-17-9-11-18(12-10-17)28-24(26,21-15-7-3)22-16-8-4/h5-16H2,1-4H3. The molecule has 0 N–H and O–H groups in total. The van der Waals surface area contributed by atoms with Gasteiger partial charge in [0.25, 0.3) is 11.4 Å². The van der Waals surface area contributed by atoms with Gasteiger partial charge < -0.3 is 18.1 Å². The smallest absolute Gasteiger partial charge is 0.262 e. The molecule has 6 nitrogen and oxygen atoms in total. The van der Waals surface area contributed by atoms with Gasteiger partial charge in [-0.05, 0) is 49.3 Å². The van der Waals surface area contributed by atoms with Crippen molar-refractivity contribution in [1.29, 1.82) is 0 Å². The van der Waals surface area contributed by atoms with E-state index >= 15 is 0 Å². The summed E-state index contributed by atoms with van der Waals surface area (Å²) >= 11 is 14.7. The third-order valence-electron chi connectivity index (χ3n) is 3.44. The first kappa shape index (κ1) is 27.8. The van der Waals surface area contributed by atoms with Crippen LogP contribution in [0.25, 0.3) is 0 Å². The lowest BCUT2D eigenvalue weighted by Crippen LogP contribution is -2.39. The number of rotatable bonds is 16. The van der Waals surface area contributed by atoms with Crippen LogP contribution in [0.2, 0.25) is 0 Å². The number of nitrogens with zero attached hydrogens (tertiary/aromatic N) is 2. The third kappa shape index (κ3) is 11.4. The van der Waals surface area contributed by atoms with Crippen molar-refractivity contribution in [3.63, 3.8) is 0 Å². The van der Waals surface area contributed by atoms with Crippen molar-refractivity contribution in [2.75, 3.05) is 52.6 Å². The van der Waals surface area contributed by atoms with Crippen molar-refractivity contribution in [2.24, 2.45) is 0 Å². The minimum atomic E-state index is -2.32. The minimum absolute atomic E-state index is 0.649. The summed E-state index contributed by atoms with van der Waals surface area (Å²) in [6.07, 6.45) is 3.77. The second-order valence-corrected chi connectivity index (χ2v) is 18.6. The fraction of sp³-hybridized carbons (Fsp3) is 1.00. The molecule has 0 unspecified atom stereocenters. The van der Waals surface area contributed by atoms with Crippen LogP contribution in [0.5, 0.6) is 0 Å². The van der Waals surface area contributed by atoms with Gasteiger partial charge in [0, 0.05) is 49.3 Å². The van der Waals surface area contributed by atoms with Gasteiger partial charge in [-0.15, -0.1) is 0 Å². The van der Waals surface area contributed by atoms with E-state index in [-0.39, 0.29) is 0 Å². The fourth-order valence-electron chi connectivity index (χ4n) is 2.10. The molecule has 0 saturated carbocycles. The molecular weight excluding hydrogens is 474 g/mol. The predicted octanol–water partition coefficient (Wildman–Crippen LogP) is 6.06. The highest BCUT2D eigenvalue weighted by Gasteiger charge is 2.30. The van der Waals surface area contributed by atoms with E-state index in [0.29, 0.717) is 26.4 Å². The van der Waals surface area contributed by atoms with Gasteiger partial charge in [0.15, 0.2) is 0 Å². The third-order valence-corrected chi connectivity index (χ3v) is 13.3. The van der Waals surface area contributed by atoms with Crippen LogP contribution in [0.4, 0.5) is 0 Å². The lowest BCUT2D eigenvalue weighted by molar-refractivity contribution is 0.254. The van der Waals surface area contributed by atoms with Gasteiger partial charge in [-0.25, -0.2) is 8.61 Å². The first-order valence-electron chi connectivity index (χ1n) is 10.1. The van der Waals surface area contributed by atoms with E-state index in [1.165, 1.54) is 0 Å². The molecule has 1 aliphatic rings. The molecule has 168 valence electrons. The average Bonchev–Trinajstić information content (AvgIpc) is 2.69. The summed E-state index contributed by atoms with van der Waals surface area (Å²) in [4.78, 5) is 0. The number of hydrogen-bond donors (Lipinski definition) is 0. The molecular formula is C16H36N2O4P2S4. The SMILES string of the molecule is CCCOP(=S)(OCCC)SN1CCN(SP(=S)(OCCC)OCCC)CC1. The van der Waals surface area contributed by atoms with Crippen molar-refractivity contribution >= 4 is 58.1 Å². The molecule has 0 amide bonds. The quantitative estimate of drug-likeness (QED) is 0.181. The molecule has 1 fully saturated rings. The molecule has 0 atom stereocenters. The van der Waals surface area contributed by atoms with Crippen LogP contribution in [-0.4, -0.2) is 61.2 Å². The molecule has 0 aliphatic carbocycles. The van der Waals surface area contributed by atoms with Crippen molar-refractivity contribution in [2.45, 2.75) is 53.4 Å². The summed E-state index contributed by atoms with van der Waals surface area (Å²) in [5.74, 6) is 0. The van der Waals surface area contributed by atoms with Crippen LogP contribution in [0, 0.1) is 0 Å². The normalized spacial score (nSPS) is 17.3. The van der Waals surface area contributed by atoms with Crippen LogP contribution < -0.4 is 0 Å². The predicted molar refractivity (Wildman–Crippen MR) is 132 cm³/mol. The summed E-state index contributed by atoms with van der Waals surface area (Å²) in [5.41, 5.74) is -4.65. The Morgan fingerprint density at radius 2 is 0.857 bits per heavy atom. The summed E-state index contributed by atoms with van der Waals surface area (Å²) in [6.45, 7) is 14.5. The maximum atomic E-state index is 5.93. The molecule has 12 heteroatoms. The maximum Gasteiger partial charge on any atom is 0.262 e. The Labute approximate surface area is 190 Å². The second kappa shape index (κ2) is 15.5. The van der Waals surface area contributed by atoms with Gasteiger partial charge in [-0.3, -0.25) is 0 Å². The molecule has 0 aromatic carbocycles. The van der Waals surface area contributed by atoms with Gasteiger partial charge in [-0.2, -0.15) is 0 Å². The van der Waals surface area contributed by atoms with Crippen molar-refractivity contribution in [3.05, 3.63) is 0 Å². The number of hydrogen-bond acceptors (Lipinski definition) is 10. The molecule has 28 heavy (non-hydrogen) atoms.